The van der Waals surface area contributed by atoms with Gasteiger partial charge in [0.2, 0.25) is 5.91 Å². The lowest BCUT2D eigenvalue weighted by Crippen LogP contribution is -2.48. The van der Waals surface area contributed by atoms with Crippen molar-refractivity contribution < 1.29 is 9.90 Å². The third kappa shape index (κ3) is 3.48. The number of aliphatic hydroxyl groups excluding tert-OH is 1. The van der Waals surface area contributed by atoms with Crippen LogP contribution in [0.5, 0.6) is 0 Å². The quantitative estimate of drug-likeness (QED) is 0.813. The number of carbonyl (C=O) groups excluding carboxylic acids is 1. The molecule has 0 radical (unpaired) electrons. The Kier molecular flexibility index (Phi) is 4.85. The highest BCUT2D eigenvalue weighted by Crippen LogP contribution is 2.32. The van der Waals surface area contributed by atoms with Gasteiger partial charge in [-0.1, -0.05) is 19.3 Å². The second kappa shape index (κ2) is 6.23. The standard InChI is InChI=1S/C15H28N2O2/c1-12(18)13-6-9-17(11-13)14(19)10-15(16-2)7-4-3-5-8-15/h12-13,16,18H,3-11H2,1-2H3. The van der Waals surface area contributed by atoms with E-state index in [1.807, 2.05) is 18.9 Å². The monoisotopic (exact) mass is 268 g/mol. The summed E-state index contributed by atoms with van der Waals surface area (Å²) >= 11 is 0. The van der Waals surface area contributed by atoms with Crippen molar-refractivity contribution in [3.8, 4) is 0 Å². The Morgan fingerprint density at radius 2 is 2.11 bits per heavy atom. The van der Waals surface area contributed by atoms with Gasteiger partial charge in [-0.3, -0.25) is 4.79 Å². The van der Waals surface area contributed by atoms with Crippen molar-refractivity contribution in [2.45, 2.75) is 63.5 Å². The molecule has 2 N–H and O–H groups in total. The zero-order valence-corrected chi connectivity index (χ0v) is 12.3. The molecule has 0 aromatic heterocycles. The predicted molar refractivity (Wildman–Crippen MR) is 75.9 cm³/mol. The molecule has 1 saturated heterocycles. The summed E-state index contributed by atoms with van der Waals surface area (Å²) in [6, 6.07) is 0. The van der Waals surface area contributed by atoms with Gasteiger partial charge in [-0.25, -0.2) is 0 Å². The summed E-state index contributed by atoms with van der Waals surface area (Å²) in [5, 5.41) is 13.0. The van der Waals surface area contributed by atoms with Gasteiger partial charge in [0, 0.05) is 31.0 Å². The Labute approximate surface area is 116 Å². The van der Waals surface area contributed by atoms with Crippen LogP contribution in [0.1, 0.15) is 51.9 Å². The molecule has 2 atom stereocenters. The second-order valence-electron chi connectivity index (χ2n) is 6.40. The van der Waals surface area contributed by atoms with Crippen molar-refractivity contribution in [2.75, 3.05) is 20.1 Å². The third-order valence-electron chi connectivity index (χ3n) is 5.09. The number of hydrogen-bond donors (Lipinski definition) is 2. The zero-order valence-electron chi connectivity index (χ0n) is 12.3. The maximum absolute atomic E-state index is 12.5. The average Bonchev–Trinajstić information content (AvgIpc) is 2.89. The molecule has 2 fully saturated rings. The van der Waals surface area contributed by atoms with Crippen LogP contribution in [-0.2, 0) is 4.79 Å². The van der Waals surface area contributed by atoms with E-state index in [-0.39, 0.29) is 23.5 Å². The number of amides is 1. The maximum Gasteiger partial charge on any atom is 0.224 e. The first-order chi connectivity index (χ1) is 9.06. The van der Waals surface area contributed by atoms with E-state index in [1.54, 1.807) is 0 Å². The number of nitrogens with zero attached hydrogens (tertiary/aromatic N) is 1. The highest BCUT2D eigenvalue weighted by Gasteiger charge is 2.36. The Bertz CT molecular complexity index is 311. The Morgan fingerprint density at radius 1 is 1.42 bits per heavy atom. The Morgan fingerprint density at radius 3 is 2.63 bits per heavy atom. The summed E-state index contributed by atoms with van der Waals surface area (Å²) < 4.78 is 0. The number of nitrogens with one attached hydrogen (secondary N) is 1. The van der Waals surface area contributed by atoms with Gasteiger partial charge in [0.25, 0.3) is 0 Å². The molecule has 110 valence electrons. The van der Waals surface area contributed by atoms with Crippen LogP contribution in [0, 0.1) is 5.92 Å². The van der Waals surface area contributed by atoms with Crippen LogP contribution in [0.2, 0.25) is 0 Å². The van der Waals surface area contributed by atoms with Crippen molar-refractivity contribution in [1.29, 1.82) is 0 Å². The number of likely N-dealkylation sites (tertiary alicyclic amines) is 1. The van der Waals surface area contributed by atoms with Crippen LogP contribution in [0.15, 0.2) is 0 Å². The molecule has 2 aliphatic rings. The number of aliphatic hydroxyl groups is 1. The van der Waals surface area contributed by atoms with Gasteiger partial charge in [0.1, 0.15) is 0 Å². The molecule has 0 bridgehead atoms. The summed E-state index contributed by atoms with van der Waals surface area (Å²) in [5.74, 6) is 0.528. The largest absolute Gasteiger partial charge is 0.393 e. The fourth-order valence-electron chi connectivity index (χ4n) is 3.55. The minimum atomic E-state index is -0.300. The Balaban J connectivity index is 1.90. The summed E-state index contributed by atoms with van der Waals surface area (Å²) in [7, 11) is 1.99. The summed E-state index contributed by atoms with van der Waals surface area (Å²) in [6.07, 6.45) is 7.24. The van der Waals surface area contributed by atoms with Gasteiger partial charge in [-0.05, 0) is 33.2 Å². The lowest BCUT2D eigenvalue weighted by atomic mass is 9.79. The fourth-order valence-corrected chi connectivity index (χ4v) is 3.55. The van der Waals surface area contributed by atoms with Crippen molar-refractivity contribution in [1.82, 2.24) is 10.2 Å². The fraction of sp³-hybridized carbons (Fsp3) is 0.933. The molecule has 19 heavy (non-hydrogen) atoms. The number of carbonyl (C=O) groups is 1. The second-order valence-corrected chi connectivity index (χ2v) is 6.40. The number of hydrogen-bond acceptors (Lipinski definition) is 3. The van der Waals surface area contributed by atoms with Gasteiger partial charge < -0.3 is 15.3 Å². The van der Waals surface area contributed by atoms with E-state index >= 15 is 0 Å². The summed E-state index contributed by atoms with van der Waals surface area (Å²) in [6.45, 7) is 3.37. The minimum Gasteiger partial charge on any atom is -0.393 e. The molecular weight excluding hydrogens is 240 g/mol. The van der Waals surface area contributed by atoms with Crippen LogP contribution in [0.25, 0.3) is 0 Å². The van der Waals surface area contributed by atoms with Crippen molar-refractivity contribution >= 4 is 5.91 Å². The highest BCUT2D eigenvalue weighted by atomic mass is 16.3. The van der Waals surface area contributed by atoms with E-state index < -0.39 is 0 Å². The van der Waals surface area contributed by atoms with E-state index in [9.17, 15) is 9.90 Å². The van der Waals surface area contributed by atoms with Gasteiger partial charge >= 0.3 is 0 Å². The van der Waals surface area contributed by atoms with E-state index in [2.05, 4.69) is 5.32 Å². The minimum absolute atomic E-state index is 0.0260. The molecule has 1 aliphatic heterocycles. The zero-order chi connectivity index (χ0) is 13.9. The lowest BCUT2D eigenvalue weighted by Gasteiger charge is -2.37. The average molecular weight is 268 g/mol. The molecular formula is C15H28N2O2. The van der Waals surface area contributed by atoms with Crippen molar-refractivity contribution in [3.63, 3.8) is 0 Å². The van der Waals surface area contributed by atoms with Gasteiger partial charge in [-0.2, -0.15) is 0 Å². The van der Waals surface area contributed by atoms with Gasteiger partial charge in [0.05, 0.1) is 6.10 Å². The predicted octanol–water partition coefficient (Wildman–Crippen LogP) is 1.53. The van der Waals surface area contributed by atoms with Crippen LogP contribution in [0.4, 0.5) is 0 Å². The van der Waals surface area contributed by atoms with Crippen LogP contribution in [0.3, 0.4) is 0 Å². The van der Waals surface area contributed by atoms with E-state index in [1.165, 1.54) is 19.3 Å². The molecule has 1 saturated carbocycles. The molecule has 0 aromatic carbocycles. The molecule has 4 nitrogen and oxygen atoms in total. The van der Waals surface area contributed by atoms with E-state index in [0.717, 1.165) is 32.4 Å². The van der Waals surface area contributed by atoms with E-state index in [0.29, 0.717) is 6.42 Å². The van der Waals surface area contributed by atoms with Crippen molar-refractivity contribution in [2.24, 2.45) is 5.92 Å². The third-order valence-corrected chi connectivity index (χ3v) is 5.09. The van der Waals surface area contributed by atoms with Gasteiger partial charge in [0.15, 0.2) is 0 Å². The summed E-state index contributed by atoms with van der Waals surface area (Å²) in [5.41, 5.74) is 0.0260. The van der Waals surface area contributed by atoms with E-state index in [4.69, 9.17) is 0 Å². The smallest absolute Gasteiger partial charge is 0.224 e. The number of rotatable bonds is 4. The van der Waals surface area contributed by atoms with Crippen LogP contribution < -0.4 is 5.32 Å². The van der Waals surface area contributed by atoms with Crippen molar-refractivity contribution in [3.05, 3.63) is 0 Å². The normalized spacial score (nSPS) is 28.4. The van der Waals surface area contributed by atoms with Crippen LogP contribution in [-0.4, -0.2) is 47.7 Å². The molecule has 1 aliphatic carbocycles. The summed E-state index contributed by atoms with van der Waals surface area (Å²) in [4.78, 5) is 14.4. The molecule has 2 rings (SSSR count). The molecule has 0 spiro atoms. The first-order valence-electron chi connectivity index (χ1n) is 7.71. The Hall–Kier alpha value is -0.610. The molecule has 1 amide bonds. The highest BCUT2D eigenvalue weighted by molar-refractivity contribution is 5.77. The molecule has 0 aromatic rings. The first-order valence-corrected chi connectivity index (χ1v) is 7.71. The van der Waals surface area contributed by atoms with Gasteiger partial charge in [-0.15, -0.1) is 0 Å². The SMILES string of the molecule is CNC1(CC(=O)N2CCC(C(C)O)C2)CCCCC1. The topological polar surface area (TPSA) is 52.6 Å². The lowest BCUT2D eigenvalue weighted by molar-refractivity contribution is -0.132. The maximum atomic E-state index is 12.5. The first kappa shape index (κ1) is 14.8. The molecule has 2 unspecified atom stereocenters. The molecule has 4 heteroatoms. The van der Waals surface area contributed by atoms with Crippen LogP contribution >= 0.6 is 0 Å². The molecule has 1 heterocycles.